The molecule has 108 valence electrons. The summed E-state index contributed by atoms with van der Waals surface area (Å²) >= 11 is 0. The summed E-state index contributed by atoms with van der Waals surface area (Å²) in [4.78, 5) is 19.2. The number of benzene rings is 1. The van der Waals surface area contributed by atoms with Crippen LogP contribution in [0.1, 0.15) is 6.42 Å². The van der Waals surface area contributed by atoms with Crippen LogP contribution >= 0.6 is 0 Å². The van der Waals surface area contributed by atoms with E-state index in [0.29, 0.717) is 5.39 Å². The van der Waals surface area contributed by atoms with Crippen LogP contribution < -0.4 is 5.43 Å². The summed E-state index contributed by atoms with van der Waals surface area (Å²) in [5, 5.41) is 1.46. The first kappa shape index (κ1) is 13.8. The maximum atomic E-state index is 12.6. The Bertz CT molecular complexity index is 776. The molecule has 0 N–H and O–H groups in total. The van der Waals surface area contributed by atoms with Gasteiger partial charge >= 0.3 is 0 Å². The minimum Gasteiger partial charge on any atom is -0.325 e. The minimum atomic E-state index is 0.0672. The van der Waals surface area contributed by atoms with Crippen LogP contribution in [0, 0.1) is 0 Å². The molecule has 0 amide bonds. The molecule has 3 aromatic rings. The molecule has 0 aliphatic carbocycles. The lowest BCUT2D eigenvalue weighted by molar-refractivity contribution is 0.389. The summed E-state index contributed by atoms with van der Waals surface area (Å²) in [6.45, 7) is 1.86. The van der Waals surface area contributed by atoms with E-state index in [-0.39, 0.29) is 5.43 Å². The van der Waals surface area contributed by atoms with Crippen molar-refractivity contribution in [3.05, 3.63) is 52.8 Å². The maximum absolute atomic E-state index is 12.6. The second kappa shape index (κ2) is 5.66. The van der Waals surface area contributed by atoms with Gasteiger partial charge in [0.25, 0.3) is 0 Å². The minimum absolute atomic E-state index is 0.0672. The van der Waals surface area contributed by atoms with E-state index in [4.69, 9.17) is 0 Å². The third kappa shape index (κ3) is 2.54. The molecule has 21 heavy (non-hydrogen) atoms. The third-order valence-electron chi connectivity index (χ3n) is 3.71. The summed E-state index contributed by atoms with van der Waals surface area (Å²) in [5.74, 6) is 0. The Kier molecular flexibility index (Phi) is 3.71. The van der Waals surface area contributed by atoms with Crippen molar-refractivity contribution in [3.63, 3.8) is 0 Å². The number of para-hydroxylation sites is 1. The van der Waals surface area contributed by atoms with Crippen LogP contribution in [0.2, 0.25) is 0 Å². The summed E-state index contributed by atoms with van der Waals surface area (Å²) in [7, 11) is 4.14. The smallest absolute Gasteiger partial charge is 0.198 e. The van der Waals surface area contributed by atoms with E-state index in [0.717, 1.165) is 36.1 Å². The summed E-state index contributed by atoms with van der Waals surface area (Å²) in [5.41, 5.74) is 1.81. The molecule has 0 bridgehead atoms. The van der Waals surface area contributed by atoms with Crippen LogP contribution in [0.3, 0.4) is 0 Å². The van der Waals surface area contributed by atoms with Gasteiger partial charge < -0.3 is 9.47 Å². The number of rotatable bonds is 4. The van der Waals surface area contributed by atoms with Gasteiger partial charge in [0.15, 0.2) is 5.43 Å². The summed E-state index contributed by atoms with van der Waals surface area (Å²) < 4.78 is 2.16. The fourth-order valence-electron chi connectivity index (χ4n) is 2.72. The molecule has 3 rings (SSSR count). The number of aryl methyl sites for hydroxylation is 1. The van der Waals surface area contributed by atoms with Crippen LogP contribution in [-0.2, 0) is 6.54 Å². The molecule has 0 unspecified atom stereocenters. The van der Waals surface area contributed by atoms with Crippen molar-refractivity contribution >= 4 is 21.9 Å². The normalized spacial score (nSPS) is 11.6. The molecule has 2 heterocycles. The van der Waals surface area contributed by atoms with E-state index >= 15 is 0 Å². The van der Waals surface area contributed by atoms with Gasteiger partial charge in [-0.1, -0.05) is 12.1 Å². The highest BCUT2D eigenvalue weighted by Gasteiger charge is 2.10. The molecule has 0 atom stereocenters. The van der Waals surface area contributed by atoms with Crippen LogP contribution in [0.5, 0.6) is 0 Å². The van der Waals surface area contributed by atoms with Crippen molar-refractivity contribution in [2.75, 3.05) is 20.6 Å². The Morgan fingerprint density at radius 3 is 2.67 bits per heavy atom. The Hall–Kier alpha value is -2.20. The van der Waals surface area contributed by atoms with E-state index in [1.54, 1.807) is 6.20 Å². The maximum Gasteiger partial charge on any atom is 0.198 e. The second-order valence-corrected chi connectivity index (χ2v) is 5.53. The molecule has 0 aliphatic heterocycles. The van der Waals surface area contributed by atoms with Gasteiger partial charge in [-0.05, 0) is 51.3 Å². The SMILES string of the molecule is CN(C)CCCn1c2ccccc2c(=O)c2cccnc21. The van der Waals surface area contributed by atoms with E-state index in [2.05, 4.69) is 28.5 Å². The van der Waals surface area contributed by atoms with E-state index in [1.165, 1.54) is 0 Å². The van der Waals surface area contributed by atoms with Gasteiger partial charge in [0.1, 0.15) is 5.65 Å². The van der Waals surface area contributed by atoms with Gasteiger partial charge in [-0.2, -0.15) is 0 Å². The van der Waals surface area contributed by atoms with Crippen LogP contribution in [0.25, 0.3) is 21.9 Å². The van der Waals surface area contributed by atoms with Crippen molar-refractivity contribution in [3.8, 4) is 0 Å². The van der Waals surface area contributed by atoms with Gasteiger partial charge in [-0.3, -0.25) is 4.79 Å². The zero-order valence-electron chi connectivity index (χ0n) is 12.4. The highest BCUT2D eigenvalue weighted by Crippen LogP contribution is 2.17. The van der Waals surface area contributed by atoms with Gasteiger partial charge in [-0.15, -0.1) is 0 Å². The van der Waals surface area contributed by atoms with Crippen molar-refractivity contribution in [1.29, 1.82) is 0 Å². The predicted octanol–water partition coefficient (Wildman–Crippen LogP) is 2.50. The topological polar surface area (TPSA) is 38.1 Å². The van der Waals surface area contributed by atoms with E-state index in [9.17, 15) is 4.79 Å². The van der Waals surface area contributed by atoms with Crippen LogP contribution in [0.15, 0.2) is 47.4 Å². The zero-order chi connectivity index (χ0) is 14.8. The average molecular weight is 281 g/mol. The fraction of sp³-hybridized carbons (Fsp3) is 0.294. The number of hydrogen-bond acceptors (Lipinski definition) is 3. The van der Waals surface area contributed by atoms with Crippen LogP contribution in [0.4, 0.5) is 0 Å². The Balaban J connectivity index is 2.22. The van der Waals surface area contributed by atoms with Crippen LogP contribution in [-0.4, -0.2) is 35.1 Å². The molecular weight excluding hydrogens is 262 g/mol. The summed E-state index contributed by atoms with van der Waals surface area (Å²) in [6.07, 6.45) is 2.77. The first-order valence-electron chi connectivity index (χ1n) is 7.19. The standard InChI is InChI=1S/C17H19N3O/c1-19(2)11-6-12-20-15-9-4-3-7-13(15)16(21)14-8-5-10-18-17(14)20/h3-5,7-10H,6,11-12H2,1-2H3. The quantitative estimate of drug-likeness (QED) is 0.690. The van der Waals surface area contributed by atoms with Gasteiger partial charge in [-0.25, -0.2) is 4.98 Å². The zero-order valence-corrected chi connectivity index (χ0v) is 12.4. The van der Waals surface area contributed by atoms with Crippen molar-refractivity contribution < 1.29 is 0 Å². The van der Waals surface area contributed by atoms with Gasteiger partial charge in [0.2, 0.25) is 0 Å². The molecule has 4 nitrogen and oxygen atoms in total. The first-order chi connectivity index (χ1) is 10.2. The summed E-state index contributed by atoms with van der Waals surface area (Å²) in [6, 6.07) is 11.5. The van der Waals surface area contributed by atoms with Gasteiger partial charge in [0.05, 0.1) is 10.9 Å². The fourth-order valence-corrected chi connectivity index (χ4v) is 2.72. The molecule has 0 fully saturated rings. The molecule has 0 spiro atoms. The Morgan fingerprint density at radius 1 is 1.10 bits per heavy atom. The average Bonchev–Trinajstić information content (AvgIpc) is 2.50. The number of aromatic nitrogens is 2. The lowest BCUT2D eigenvalue weighted by atomic mass is 10.1. The molecule has 4 heteroatoms. The van der Waals surface area contributed by atoms with Crippen molar-refractivity contribution in [2.45, 2.75) is 13.0 Å². The molecule has 0 saturated carbocycles. The lowest BCUT2D eigenvalue weighted by Crippen LogP contribution is -2.17. The third-order valence-corrected chi connectivity index (χ3v) is 3.71. The monoisotopic (exact) mass is 281 g/mol. The van der Waals surface area contributed by atoms with E-state index < -0.39 is 0 Å². The number of hydrogen-bond donors (Lipinski definition) is 0. The number of nitrogens with zero attached hydrogens (tertiary/aromatic N) is 3. The highest BCUT2D eigenvalue weighted by molar-refractivity contribution is 5.91. The largest absolute Gasteiger partial charge is 0.325 e. The molecule has 0 radical (unpaired) electrons. The Morgan fingerprint density at radius 2 is 1.86 bits per heavy atom. The van der Waals surface area contributed by atoms with Crippen molar-refractivity contribution in [2.24, 2.45) is 0 Å². The van der Waals surface area contributed by atoms with Gasteiger partial charge in [0, 0.05) is 18.1 Å². The molecule has 1 aromatic carbocycles. The molecule has 2 aromatic heterocycles. The first-order valence-corrected chi connectivity index (χ1v) is 7.19. The lowest BCUT2D eigenvalue weighted by Gasteiger charge is -2.15. The molecular formula is C17H19N3O. The molecule has 0 aliphatic rings. The van der Waals surface area contributed by atoms with E-state index in [1.807, 2.05) is 36.4 Å². The molecule has 0 saturated heterocycles. The predicted molar refractivity (Wildman–Crippen MR) is 86.7 cm³/mol. The second-order valence-electron chi connectivity index (χ2n) is 5.53. The Labute approximate surface area is 123 Å². The number of pyridine rings is 2. The van der Waals surface area contributed by atoms with Crippen molar-refractivity contribution in [1.82, 2.24) is 14.5 Å². The highest BCUT2D eigenvalue weighted by atomic mass is 16.1. The number of fused-ring (bicyclic) bond motifs is 2.